The van der Waals surface area contributed by atoms with E-state index in [-0.39, 0.29) is 10.9 Å². The van der Waals surface area contributed by atoms with Crippen LogP contribution < -0.4 is 11.2 Å². The van der Waals surface area contributed by atoms with Gasteiger partial charge in [0, 0.05) is 12.7 Å². The van der Waals surface area contributed by atoms with E-state index in [0.717, 1.165) is 0 Å². The van der Waals surface area contributed by atoms with Crippen LogP contribution in [0.4, 0.5) is 5.69 Å². The molecule has 0 saturated heterocycles. The van der Waals surface area contributed by atoms with Gasteiger partial charge in [0.05, 0.1) is 17.3 Å². The van der Waals surface area contributed by atoms with E-state index >= 15 is 0 Å². The Bertz CT molecular complexity index is 661. The average molecular weight is 233 g/mol. The van der Waals surface area contributed by atoms with E-state index < -0.39 is 11.4 Å². The molecule has 0 amide bonds. The van der Waals surface area contributed by atoms with Crippen molar-refractivity contribution in [3.05, 3.63) is 34.2 Å². The molecule has 2 rings (SSSR count). The summed E-state index contributed by atoms with van der Waals surface area (Å²) in [5.74, 6) is -1.25. The number of aromatic carboxylic acids is 1. The fourth-order valence-electron chi connectivity index (χ4n) is 1.68. The third-order valence-corrected chi connectivity index (χ3v) is 2.51. The quantitative estimate of drug-likeness (QED) is 0.795. The van der Waals surface area contributed by atoms with Crippen molar-refractivity contribution in [3.63, 3.8) is 0 Å². The zero-order valence-corrected chi connectivity index (χ0v) is 9.17. The van der Waals surface area contributed by atoms with Crippen LogP contribution in [0.25, 0.3) is 11.0 Å². The highest BCUT2D eigenvalue weighted by Crippen LogP contribution is 2.12. The fourth-order valence-corrected chi connectivity index (χ4v) is 1.68. The molecule has 0 aliphatic rings. The van der Waals surface area contributed by atoms with Crippen LogP contribution in [0.15, 0.2) is 23.3 Å². The Balaban J connectivity index is 2.96. The normalized spacial score (nSPS) is 10.6. The minimum absolute atomic E-state index is 0.228. The van der Waals surface area contributed by atoms with E-state index in [9.17, 15) is 9.59 Å². The second-order valence-corrected chi connectivity index (χ2v) is 3.60. The van der Waals surface area contributed by atoms with Crippen molar-refractivity contribution < 1.29 is 9.90 Å². The van der Waals surface area contributed by atoms with Gasteiger partial charge in [-0.05, 0) is 13.0 Å². The molecular weight excluding hydrogens is 222 g/mol. The third kappa shape index (κ3) is 1.73. The molecule has 0 unspecified atom stereocenters. The van der Waals surface area contributed by atoms with Gasteiger partial charge in [-0.2, -0.15) is 0 Å². The number of pyridine rings is 2. The second kappa shape index (κ2) is 3.89. The molecule has 0 saturated carbocycles. The van der Waals surface area contributed by atoms with Crippen molar-refractivity contribution in [2.75, 3.05) is 5.73 Å². The van der Waals surface area contributed by atoms with Crippen molar-refractivity contribution in [3.8, 4) is 0 Å². The van der Waals surface area contributed by atoms with Gasteiger partial charge < -0.3 is 15.4 Å². The van der Waals surface area contributed by atoms with Crippen LogP contribution >= 0.6 is 0 Å². The highest BCUT2D eigenvalue weighted by molar-refractivity contribution is 5.92. The van der Waals surface area contributed by atoms with E-state index in [1.807, 2.05) is 6.92 Å². The Hall–Kier alpha value is -2.37. The number of fused-ring (bicyclic) bond motifs is 1. The Morgan fingerprint density at radius 2 is 2.29 bits per heavy atom. The maximum Gasteiger partial charge on any atom is 0.341 e. The lowest BCUT2D eigenvalue weighted by molar-refractivity contribution is 0.0695. The van der Waals surface area contributed by atoms with Gasteiger partial charge in [-0.15, -0.1) is 0 Å². The average Bonchev–Trinajstić information content (AvgIpc) is 2.29. The number of carboxylic acids is 1. The summed E-state index contributed by atoms with van der Waals surface area (Å²) in [6, 6.07) is 1.45. The van der Waals surface area contributed by atoms with E-state index in [2.05, 4.69) is 4.98 Å². The number of anilines is 1. The number of aryl methyl sites for hydroxylation is 1. The molecule has 6 nitrogen and oxygen atoms in total. The van der Waals surface area contributed by atoms with E-state index in [1.165, 1.54) is 18.5 Å². The molecular formula is C11H11N3O3. The van der Waals surface area contributed by atoms with Crippen molar-refractivity contribution in [1.29, 1.82) is 0 Å². The number of carboxylic acid groups (broad SMARTS) is 1. The van der Waals surface area contributed by atoms with Crippen LogP contribution in [-0.4, -0.2) is 20.6 Å². The van der Waals surface area contributed by atoms with Crippen LogP contribution in [0.5, 0.6) is 0 Å². The third-order valence-electron chi connectivity index (χ3n) is 2.51. The first-order chi connectivity index (χ1) is 8.04. The second-order valence-electron chi connectivity index (χ2n) is 3.60. The molecule has 6 heteroatoms. The van der Waals surface area contributed by atoms with Gasteiger partial charge in [-0.1, -0.05) is 0 Å². The predicted octanol–water partition coefficient (Wildman–Crippen LogP) is 0.697. The lowest BCUT2D eigenvalue weighted by Crippen LogP contribution is -2.19. The van der Waals surface area contributed by atoms with Gasteiger partial charge in [0.25, 0.3) is 0 Å². The highest BCUT2D eigenvalue weighted by Gasteiger charge is 2.14. The van der Waals surface area contributed by atoms with Crippen molar-refractivity contribution in [2.45, 2.75) is 13.5 Å². The number of carbonyl (C=O) groups is 1. The fraction of sp³-hybridized carbons (Fsp3) is 0.182. The summed E-state index contributed by atoms with van der Waals surface area (Å²) in [6.07, 6.45) is 2.74. The van der Waals surface area contributed by atoms with Crippen LogP contribution in [-0.2, 0) is 6.54 Å². The maximum atomic E-state index is 11.9. The molecule has 0 fully saturated rings. The first-order valence-electron chi connectivity index (χ1n) is 5.06. The Morgan fingerprint density at radius 3 is 2.88 bits per heavy atom. The van der Waals surface area contributed by atoms with Gasteiger partial charge in [-0.25, -0.2) is 9.78 Å². The van der Waals surface area contributed by atoms with Crippen LogP contribution in [0.1, 0.15) is 17.3 Å². The first-order valence-corrected chi connectivity index (χ1v) is 5.06. The van der Waals surface area contributed by atoms with Gasteiger partial charge >= 0.3 is 5.97 Å². The number of nitrogen functional groups attached to an aromatic ring is 1. The van der Waals surface area contributed by atoms with Crippen LogP contribution in [0.3, 0.4) is 0 Å². The molecule has 0 atom stereocenters. The van der Waals surface area contributed by atoms with Gasteiger partial charge in [0.1, 0.15) is 11.2 Å². The zero-order valence-electron chi connectivity index (χ0n) is 9.17. The summed E-state index contributed by atoms with van der Waals surface area (Å²) < 4.78 is 1.61. The van der Waals surface area contributed by atoms with Gasteiger partial charge in [0.2, 0.25) is 5.43 Å². The molecule has 2 aromatic heterocycles. The molecule has 88 valence electrons. The number of hydrogen-bond acceptors (Lipinski definition) is 4. The zero-order chi connectivity index (χ0) is 12.6. The maximum absolute atomic E-state index is 11.9. The Morgan fingerprint density at radius 1 is 1.59 bits per heavy atom. The van der Waals surface area contributed by atoms with Gasteiger partial charge in [-0.3, -0.25) is 4.79 Å². The number of rotatable bonds is 2. The summed E-state index contributed by atoms with van der Waals surface area (Å²) in [4.78, 5) is 26.9. The van der Waals surface area contributed by atoms with Crippen molar-refractivity contribution >= 4 is 22.7 Å². The number of nitrogens with two attached hydrogens (primary N) is 1. The molecule has 3 N–H and O–H groups in total. The molecule has 2 aromatic rings. The van der Waals surface area contributed by atoms with E-state index in [1.54, 1.807) is 4.57 Å². The minimum Gasteiger partial charge on any atom is -0.477 e. The topological polar surface area (TPSA) is 98.2 Å². The Labute approximate surface area is 96.3 Å². The van der Waals surface area contributed by atoms with Crippen molar-refractivity contribution in [2.24, 2.45) is 0 Å². The summed E-state index contributed by atoms with van der Waals surface area (Å²) >= 11 is 0. The van der Waals surface area contributed by atoms with Crippen LogP contribution in [0, 0.1) is 0 Å². The molecule has 0 spiro atoms. The smallest absolute Gasteiger partial charge is 0.341 e. The summed E-state index contributed by atoms with van der Waals surface area (Å²) in [6.45, 7) is 2.36. The number of aromatic nitrogens is 2. The van der Waals surface area contributed by atoms with E-state index in [4.69, 9.17) is 10.8 Å². The minimum atomic E-state index is -1.25. The van der Waals surface area contributed by atoms with Gasteiger partial charge in [0.15, 0.2) is 0 Å². The molecule has 17 heavy (non-hydrogen) atoms. The molecule has 2 heterocycles. The first kappa shape index (κ1) is 11.1. The lowest BCUT2D eigenvalue weighted by Gasteiger charge is -2.08. The summed E-state index contributed by atoms with van der Waals surface area (Å²) in [5, 5.41) is 9.18. The highest BCUT2D eigenvalue weighted by atomic mass is 16.4. The predicted molar refractivity (Wildman–Crippen MR) is 63.0 cm³/mol. The van der Waals surface area contributed by atoms with Crippen molar-refractivity contribution in [1.82, 2.24) is 9.55 Å². The standard InChI is InChI=1S/C11H11N3O3/c1-2-14-5-8(11(16)17)9(15)7-3-6(12)4-13-10(7)14/h3-5H,2,12H2,1H3,(H,16,17). The molecule has 0 aliphatic heterocycles. The molecule has 0 radical (unpaired) electrons. The SMILES string of the molecule is CCn1cc(C(=O)O)c(=O)c2cc(N)cnc21. The van der Waals surface area contributed by atoms with Crippen LogP contribution in [0.2, 0.25) is 0 Å². The molecule has 0 aromatic carbocycles. The Kier molecular flexibility index (Phi) is 2.55. The summed E-state index contributed by atoms with van der Waals surface area (Å²) in [5.41, 5.74) is 5.50. The van der Waals surface area contributed by atoms with E-state index in [0.29, 0.717) is 17.9 Å². The number of nitrogens with zero attached hydrogens (tertiary/aromatic N) is 2. The lowest BCUT2D eigenvalue weighted by atomic mass is 10.2. The molecule has 0 aliphatic carbocycles. The molecule has 0 bridgehead atoms. The summed E-state index contributed by atoms with van der Waals surface area (Å²) in [7, 11) is 0. The monoisotopic (exact) mass is 233 g/mol. The largest absolute Gasteiger partial charge is 0.477 e. The number of hydrogen-bond donors (Lipinski definition) is 2.